The number of alkyl halides is 3. The molecule has 0 aromatic carbocycles. The molecule has 2 rings (SSSR count). The monoisotopic (exact) mass is 343 g/mol. The first-order chi connectivity index (χ1) is 10.8. The van der Waals surface area contributed by atoms with E-state index in [-0.39, 0.29) is 23.4 Å². The van der Waals surface area contributed by atoms with Crippen molar-refractivity contribution in [1.82, 2.24) is 15.3 Å². The number of carbonyl (C=O) groups is 1. The third-order valence-electron chi connectivity index (χ3n) is 3.25. The van der Waals surface area contributed by atoms with Crippen LogP contribution in [0.5, 0.6) is 0 Å². The van der Waals surface area contributed by atoms with Crippen molar-refractivity contribution in [3.63, 3.8) is 0 Å². The van der Waals surface area contributed by atoms with Crippen molar-refractivity contribution in [1.29, 1.82) is 0 Å². The smallest absolute Gasteiger partial charge is 0.349 e. The molecule has 0 aliphatic heterocycles. The lowest BCUT2D eigenvalue weighted by atomic mass is 9.88. The molecule has 0 saturated heterocycles. The van der Waals surface area contributed by atoms with Crippen molar-refractivity contribution in [2.24, 2.45) is 5.92 Å². The van der Waals surface area contributed by atoms with Gasteiger partial charge in [0, 0.05) is 17.8 Å². The number of carbonyl (C=O) groups excluding carboxylic acids is 1. The molecular weight excluding hydrogens is 327 g/mol. The summed E-state index contributed by atoms with van der Waals surface area (Å²) in [5.41, 5.74) is -0.158. The van der Waals surface area contributed by atoms with Crippen LogP contribution in [0.3, 0.4) is 0 Å². The Morgan fingerprint density at radius 2 is 2.13 bits per heavy atom. The van der Waals surface area contributed by atoms with Gasteiger partial charge < -0.3 is 5.32 Å². The van der Waals surface area contributed by atoms with Crippen molar-refractivity contribution < 1.29 is 18.0 Å². The van der Waals surface area contributed by atoms with E-state index >= 15 is 0 Å². The number of amides is 1. The fourth-order valence-corrected chi connectivity index (χ4v) is 2.93. The number of hydrogen-bond donors (Lipinski definition) is 1. The largest absolute Gasteiger partial charge is 0.434 e. The highest BCUT2D eigenvalue weighted by Crippen LogP contribution is 2.30. The van der Waals surface area contributed by atoms with E-state index in [0.29, 0.717) is 0 Å². The van der Waals surface area contributed by atoms with E-state index in [1.165, 1.54) is 0 Å². The molecule has 0 spiro atoms. The van der Waals surface area contributed by atoms with Crippen LogP contribution >= 0.6 is 11.3 Å². The molecule has 124 valence electrons. The lowest BCUT2D eigenvalue weighted by Crippen LogP contribution is -2.31. The molecule has 4 nitrogen and oxygen atoms in total. The Hall–Kier alpha value is -1.96. The second-order valence-corrected chi connectivity index (χ2v) is 6.29. The molecule has 0 unspecified atom stereocenters. The molecule has 8 heteroatoms. The molecule has 1 amide bonds. The number of hydrogen-bond acceptors (Lipinski definition) is 4. The van der Waals surface area contributed by atoms with E-state index in [1.54, 1.807) is 18.5 Å². The first-order valence-corrected chi connectivity index (χ1v) is 7.86. The van der Waals surface area contributed by atoms with Crippen LogP contribution < -0.4 is 5.32 Å². The number of rotatable bonds is 5. The third-order valence-corrected chi connectivity index (χ3v) is 4.10. The fourth-order valence-electron chi connectivity index (χ4n) is 2.19. The van der Waals surface area contributed by atoms with Gasteiger partial charge in [0.2, 0.25) is 5.91 Å². The van der Waals surface area contributed by atoms with Crippen LogP contribution in [0.2, 0.25) is 0 Å². The zero-order chi connectivity index (χ0) is 17.0. The van der Waals surface area contributed by atoms with Gasteiger partial charge in [-0.05, 0) is 17.5 Å². The maximum atomic E-state index is 12.5. The second-order valence-electron chi connectivity index (χ2n) is 5.35. The zero-order valence-corrected chi connectivity index (χ0v) is 13.4. The van der Waals surface area contributed by atoms with Crippen molar-refractivity contribution in [2.45, 2.75) is 32.5 Å². The number of pyridine rings is 1. The van der Waals surface area contributed by atoms with Crippen LogP contribution in [0, 0.1) is 5.92 Å². The van der Waals surface area contributed by atoms with Gasteiger partial charge in [0.05, 0.1) is 12.5 Å². The molecule has 0 fully saturated rings. The van der Waals surface area contributed by atoms with Crippen LogP contribution in [0.25, 0.3) is 0 Å². The van der Waals surface area contributed by atoms with Gasteiger partial charge in [-0.25, -0.2) is 4.98 Å². The highest BCUT2D eigenvalue weighted by Gasteiger charge is 2.33. The molecule has 23 heavy (non-hydrogen) atoms. The van der Waals surface area contributed by atoms with Gasteiger partial charge in [0.25, 0.3) is 0 Å². The highest BCUT2D eigenvalue weighted by molar-refractivity contribution is 7.09. The molecule has 0 bridgehead atoms. The topological polar surface area (TPSA) is 54.9 Å². The summed E-state index contributed by atoms with van der Waals surface area (Å²) in [6.45, 7) is 3.79. The Bertz CT molecular complexity index is 655. The van der Waals surface area contributed by atoms with E-state index < -0.39 is 17.8 Å². The molecule has 2 aromatic rings. The average Bonchev–Trinajstić information content (AvgIpc) is 2.95. The van der Waals surface area contributed by atoms with Crippen LogP contribution in [-0.4, -0.2) is 15.9 Å². The molecule has 0 aliphatic carbocycles. The van der Waals surface area contributed by atoms with Crippen LogP contribution in [0.4, 0.5) is 13.2 Å². The number of nitrogens with one attached hydrogen (secondary N) is 1. The molecular formula is C15H16F3N3OS. The van der Waals surface area contributed by atoms with E-state index in [9.17, 15) is 18.0 Å². The Morgan fingerprint density at radius 3 is 2.65 bits per heavy atom. The average molecular weight is 343 g/mol. The molecule has 1 N–H and O–H groups in total. The molecule has 0 radical (unpaired) electrons. The Morgan fingerprint density at radius 1 is 1.39 bits per heavy atom. The number of aromatic nitrogens is 2. The highest BCUT2D eigenvalue weighted by atomic mass is 32.1. The number of halogens is 3. The van der Waals surface area contributed by atoms with Crippen LogP contribution in [-0.2, 0) is 17.5 Å². The maximum absolute atomic E-state index is 12.5. The predicted molar refractivity (Wildman–Crippen MR) is 80.8 cm³/mol. The van der Waals surface area contributed by atoms with Crippen molar-refractivity contribution in [3.8, 4) is 0 Å². The van der Waals surface area contributed by atoms with E-state index in [4.69, 9.17) is 0 Å². The molecule has 2 heterocycles. The minimum Gasteiger partial charge on any atom is -0.349 e. The molecule has 0 saturated carbocycles. The minimum atomic E-state index is -4.46. The molecule has 0 aliphatic rings. The minimum absolute atomic E-state index is 0.0247. The Labute approximate surface area is 135 Å². The summed E-state index contributed by atoms with van der Waals surface area (Å²) in [6.07, 6.45) is -1.22. The normalized spacial score (nSPS) is 13.1. The Kier molecular flexibility index (Phi) is 5.35. The van der Waals surface area contributed by atoms with Gasteiger partial charge in [-0.2, -0.15) is 13.2 Å². The maximum Gasteiger partial charge on any atom is 0.434 e. The van der Waals surface area contributed by atoms with Gasteiger partial charge in [0.1, 0.15) is 5.01 Å². The predicted octanol–water partition coefficient (Wildman–Crippen LogP) is 3.61. The van der Waals surface area contributed by atoms with Gasteiger partial charge in [-0.3, -0.25) is 9.78 Å². The van der Waals surface area contributed by atoms with Crippen molar-refractivity contribution in [3.05, 3.63) is 46.2 Å². The molecule has 1 atom stereocenters. The van der Waals surface area contributed by atoms with Crippen LogP contribution in [0.1, 0.15) is 36.0 Å². The van der Waals surface area contributed by atoms with Gasteiger partial charge in [-0.15, -0.1) is 11.3 Å². The lowest BCUT2D eigenvalue weighted by molar-refractivity contribution is -0.140. The first kappa shape index (κ1) is 17.4. The fraction of sp³-hybridized carbons (Fsp3) is 0.400. The standard InChI is InChI=1S/C15H16F3N3OS/c1-9(2)13(10-4-3-5-19-6-10)14(22)20-7-12-21-11(8-23-12)15(16,17)18/h3-6,8-9,13H,7H2,1-2H3,(H,20,22)/t13-/m0/s1. The zero-order valence-electron chi connectivity index (χ0n) is 12.6. The third kappa shape index (κ3) is 4.51. The summed E-state index contributed by atoms with van der Waals surface area (Å²) < 4.78 is 37.5. The quantitative estimate of drug-likeness (QED) is 0.902. The molecule has 2 aromatic heterocycles. The summed E-state index contributed by atoms with van der Waals surface area (Å²) in [5.74, 6) is -0.635. The summed E-state index contributed by atoms with van der Waals surface area (Å²) >= 11 is 0.876. The summed E-state index contributed by atoms with van der Waals surface area (Å²) in [5, 5.41) is 3.83. The summed E-state index contributed by atoms with van der Waals surface area (Å²) in [7, 11) is 0. The summed E-state index contributed by atoms with van der Waals surface area (Å²) in [4.78, 5) is 19.9. The first-order valence-electron chi connectivity index (χ1n) is 6.98. The summed E-state index contributed by atoms with van der Waals surface area (Å²) in [6, 6.07) is 3.55. The van der Waals surface area contributed by atoms with E-state index in [0.717, 1.165) is 22.3 Å². The lowest BCUT2D eigenvalue weighted by Gasteiger charge is -2.20. The van der Waals surface area contributed by atoms with Gasteiger partial charge in [-0.1, -0.05) is 19.9 Å². The SMILES string of the molecule is CC(C)[C@H](C(=O)NCc1nc(C(F)(F)F)cs1)c1cccnc1. The van der Waals surface area contributed by atoms with E-state index in [2.05, 4.69) is 15.3 Å². The van der Waals surface area contributed by atoms with Crippen LogP contribution in [0.15, 0.2) is 29.9 Å². The number of nitrogens with zero attached hydrogens (tertiary/aromatic N) is 2. The number of thiazole rings is 1. The van der Waals surface area contributed by atoms with Gasteiger partial charge in [0.15, 0.2) is 5.69 Å². The second kappa shape index (κ2) is 7.08. The van der Waals surface area contributed by atoms with Gasteiger partial charge >= 0.3 is 6.18 Å². The van der Waals surface area contributed by atoms with Crippen molar-refractivity contribution >= 4 is 17.2 Å². The van der Waals surface area contributed by atoms with Crippen molar-refractivity contribution in [2.75, 3.05) is 0 Å². The Balaban J connectivity index is 2.04. The van der Waals surface area contributed by atoms with E-state index in [1.807, 2.05) is 19.9 Å².